The SMILES string of the molecule is C=CCOc1ccc(C(=O)Nc2nc3c(C)cc(C)cc3s2)cc1OC. The van der Waals surface area contributed by atoms with Crippen LogP contribution in [0.5, 0.6) is 11.5 Å². The third-order valence-electron chi connectivity index (χ3n) is 3.83. The van der Waals surface area contributed by atoms with E-state index in [1.165, 1.54) is 24.0 Å². The van der Waals surface area contributed by atoms with Gasteiger partial charge < -0.3 is 9.47 Å². The highest BCUT2D eigenvalue weighted by atomic mass is 32.1. The van der Waals surface area contributed by atoms with E-state index in [4.69, 9.17) is 9.47 Å². The number of aromatic nitrogens is 1. The molecule has 0 radical (unpaired) electrons. The Hall–Kier alpha value is -2.86. The summed E-state index contributed by atoms with van der Waals surface area (Å²) in [7, 11) is 1.54. The first-order chi connectivity index (χ1) is 12.5. The molecule has 2 aromatic carbocycles. The monoisotopic (exact) mass is 368 g/mol. The molecule has 5 nitrogen and oxygen atoms in total. The maximum absolute atomic E-state index is 12.6. The molecule has 0 saturated heterocycles. The molecule has 0 atom stereocenters. The normalized spacial score (nSPS) is 10.6. The largest absolute Gasteiger partial charge is 0.493 e. The van der Waals surface area contributed by atoms with Gasteiger partial charge >= 0.3 is 0 Å². The van der Waals surface area contributed by atoms with E-state index in [0.29, 0.717) is 28.8 Å². The van der Waals surface area contributed by atoms with Gasteiger partial charge in [-0.15, -0.1) is 0 Å². The Bertz CT molecular complexity index is 979. The van der Waals surface area contributed by atoms with Gasteiger partial charge in [-0.25, -0.2) is 4.98 Å². The predicted molar refractivity (Wildman–Crippen MR) is 106 cm³/mol. The van der Waals surface area contributed by atoms with Crippen molar-refractivity contribution in [3.05, 3.63) is 59.7 Å². The van der Waals surface area contributed by atoms with E-state index in [0.717, 1.165) is 15.8 Å². The van der Waals surface area contributed by atoms with Crippen molar-refractivity contribution in [2.75, 3.05) is 19.0 Å². The van der Waals surface area contributed by atoms with E-state index in [9.17, 15) is 4.79 Å². The van der Waals surface area contributed by atoms with Crippen LogP contribution in [0.1, 0.15) is 21.5 Å². The zero-order valence-corrected chi connectivity index (χ0v) is 15.8. The third kappa shape index (κ3) is 3.70. The Labute approximate surface area is 156 Å². The molecule has 0 spiro atoms. The Kier molecular flexibility index (Phi) is 5.23. The summed E-state index contributed by atoms with van der Waals surface area (Å²) in [5.74, 6) is 0.817. The molecule has 0 bridgehead atoms. The second kappa shape index (κ2) is 7.58. The molecule has 0 unspecified atom stereocenters. The molecular formula is C20H20N2O3S. The number of carbonyl (C=O) groups excluding carboxylic acids is 1. The summed E-state index contributed by atoms with van der Waals surface area (Å²) in [6.07, 6.45) is 1.65. The fourth-order valence-electron chi connectivity index (χ4n) is 2.67. The highest BCUT2D eigenvalue weighted by Crippen LogP contribution is 2.31. The molecule has 1 heterocycles. The van der Waals surface area contributed by atoms with Crippen LogP contribution in [0.25, 0.3) is 10.2 Å². The number of thiazole rings is 1. The first kappa shape index (κ1) is 17.9. The number of rotatable bonds is 6. The molecule has 0 saturated carbocycles. The molecule has 1 amide bonds. The average Bonchev–Trinajstić information content (AvgIpc) is 3.02. The van der Waals surface area contributed by atoms with Crippen LogP contribution in [0.2, 0.25) is 0 Å². The topological polar surface area (TPSA) is 60.5 Å². The minimum absolute atomic E-state index is 0.244. The number of methoxy groups -OCH3 is 1. The van der Waals surface area contributed by atoms with E-state index < -0.39 is 0 Å². The van der Waals surface area contributed by atoms with Crippen molar-refractivity contribution in [2.24, 2.45) is 0 Å². The van der Waals surface area contributed by atoms with Gasteiger partial charge in [0.15, 0.2) is 16.6 Å². The van der Waals surface area contributed by atoms with Gasteiger partial charge in [-0.2, -0.15) is 0 Å². The Balaban J connectivity index is 1.83. The Morgan fingerprint density at radius 3 is 2.81 bits per heavy atom. The van der Waals surface area contributed by atoms with E-state index >= 15 is 0 Å². The summed E-state index contributed by atoms with van der Waals surface area (Å²) in [6.45, 7) is 8.05. The van der Waals surface area contributed by atoms with Gasteiger partial charge in [0, 0.05) is 5.56 Å². The summed E-state index contributed by atoms with van der Waals surface area (Å²) in [5, 5.41) is 3.44. The minimum atomic E-state index is -0.244. The molecule has 0 aliphatic rings. The highest BCUT2D eigenvalue weighted by Gasteiger charge is 2.14. The zero-order valence-electron chi connectivity index (χ0n) is 15.0. The van der Waals surface area contributed by atoms with Crippen molar-refractivity contribution in [2.45, 2.75) is 13.8 Å². The van der Waals surface area contributed by atoms with Crippen LogP contribution in [0.4, 0.5) is 5.13 Å². The number of amides is 1. The fourth-order valence-corrected chi connectivity index (χ4v) is 3.71. The molecule has 6 heteroatoms. The van der Waals surface area contributed by atoms with Crippen LogP contribution >= 0.6 is 11.3 Å². The van der Waals surface area contributed by atoms with Crippen LogP contribution in [-0.2, 0) is 0 Å². The molecular weight excluding hydrogens is 348 g/mol. The summed E-state index contributed by atoms with van der Waals surface area (Å²) in [4.78, 5) is 17.1. The summed E-state index contributed by atoms with van der Waals surface area (Å²) in [5.41, 5.74) is 3.67. The fraction of sp³-hybridized carbons (Fsp3) is 0.200. The van der Waals surface area contributed by atoms with Gasteiger partial charge in [-0.1, -0.05) is 30.1 Å². The molecule has 3 rings (SSSR count). The van der Waals surface area contributed by atoms with Crippen molar-refractivity contribution in [1.29, 1.82) is 0 Å². The van der Waals surface area contributed by atoms with Crippen LogP contribution in [0.3, 0.4) is 0 Å². The third-order valence-corrected chi connectivity index (χ3v) is 4.75. The van der Waals surface area contributed by atoms with Gasteiger partial charge in [0.05, 0.1) is 17.3 Å². The number of nitrogens with zero attached hydrogens (tertiary/aromatic N) is 1. The highest BCUT2D eigenvalue weighted by molar-refractivity contribution is 7.22. The lowest BCUT2D eigenvalue weighted by atomic mass is 10.1. The molecule has 26 heavy (non-hydrogen) atoms. The molecule has 0 aliphatic heterocycles. The first-order valence-electron chi connectivity index (χ1n) is 8.12. The van der Waals surface area contributed by atoms with Crippen LogP contribution in [-0.4, -0.2) is 24.6 Å². The number of hydrogen-bond acceptors (Lipinski definition) is 5. The number of ether oxygens (including phenoxy) is 2. The molecule has 1 N–H and O–H groups in total. The number of anilines is 1. The Morgan fingerprint density at radius 2 is 2.08 bits per heavy atom. The lowest BCUT2D eigenvalue weighted by Gasteiger charge is -2.10. The number of aryl methyl sites for hydroxylation is 2. The van der Waals surface area contributed by atoms with E-state index in [2.05, 4.69) is 29.0 Å². The van der Waals surface area contributed by atoms with Gasteiger partial charge in [-0.3, -0.25) is 10.1 Å². The van der Waals surface area contributed by atoms with Crippen molar-refractivity contribution < 1.29 is 14.3 Å². The second-order valence-electron chi connectivity index (χ2n) is 5.87. The first-order valence-corrected chi connectivity index (χ1v) is 8.94. The summed E-state index contributed by atoms with van der Waals surface area (Å²) >= 11 is 1.46. The smallest absolute Gasteiger partial charge is 0.257 e. The number of carbonyl (C=O) groups is 1. The minimum Gasteiger partial charge on any atom is -0.493 e. The molecule has 1 aromatic heterocycles. The van der Waals surface area contributed by atoms with Crippen LogP contribution in [0, 0.1) is 13.8 Å². The lowest BCUT2D eigenvalue weighted by molar-refractivity contribution is 0.102. The maximum atomic E-state index is 12.6. The van der Waals surface area contributed by atoms with E-state index in [-0.39, 0.29) is 5.91 Å². The average molecular weight is 368 g/mol. The van der Waals surface area contributed by atoms with Crippen LogP contribution < -0.4 is 14.8 Å². The molecule has 134 valence electrons. The molecule has 3 aromatic rings. The van der Waals surface area contributed by atoms with Crippen LogP contribution in [0.15, 0.2) is 43.0 Å². The van der Waals surface area contributed by atoms with Gasteiger partial charge in [0.1, 0.15) is 6.61 Å². The Morgan fingerprint density at radius 1 is 1.27 bits per heavy atom. The second-order valence-corrected chi connectivity index (χ2v) is 6.90. The zero-order chi connectivity index (χ0) is 18.7. The standard InChI is InChI=1S/C20H20N2O3S/c1-5-8-25-15-7-6-14(11-16(15)24-4)19(23)22-20-21-18-13(3)9-12(2)10-17(18)26-20/h5-7,9-11H,1,8H2,2-4H3,(H,21,22,23). The number of hydrogen-bond donors (Lipinski definition) is 1. The van der Waals surface area contributed by atoms with E-state index in [1.54, 1.807) is 24.3 Å². The van der Waals surface area contributed by atoms with Gasteiger partial charge in [-0.05, 0) is 49.2 Å². The molecule has 0 aliphatic carbocycles. The summed E-state index contributed by atoms with van der Waals surface area (Å²) in [6, 6.07) is 9.21. The predicted octanol–water partition coefficient (Wildman–Crippen LogP) is 4.74. The van der Waals surface area contributed by atoms with Crippen molar-refractivity contribution in [3.8, 4) is 11.5 Å². The molecule has 0 fully saturated rings. The van der Waals surface area contributed by atoms with Crippen molar-refractivity contribution >= 4 is 32.6 Å². The van der Waals surface area contributed by atoms with Crippen molar-refractivity contribution in [3.63, 3.8) is 0 Å². The number of fused-ring (bicyclic) bond motifs is 1. The maximum Gasteiger partial charge on any atom is 0.257 e. The van der Waals surface area contributed by atoms with Gasteiger partial charge in [0.2, 0.25) is 0 Å². The lowest BCUT2D eigenvalue weighted by Crippen LogP contribution is -2.12. The quantitative estimate of drug-likeness (QED) is 0.639. The van der Waals surface area contributed by atoms with E-state index in [1.807, 2.05) is 13.8 Å². The summed E-state index contributed by atoms with van der Waals surface area (Å²) < 4.78 is 11.9. The van der Waals surface area contributed by atoms with Gasteiger partial charge in [0.25, 0.3) is 5.91 Å². The number of benzene rings is 2. The van der Waals surface area contributed by atoms with Crippen molar-refractivity contribution in [1.82, 2.24) is 4.98 Å². The number of nitrogens with one attached hydrogen (secondary N) is 1.